The van der Waals surface area contributed by atoms with Crippen molar-refractivity contribution in [3.8, 4) is 0 Å². The maximum atomic E-state index is 5.92. The summed E-state index contributed by atoms with van der Waals surface area (Å²) in [6.45, 7) is 3.11. The molecular weight excluding hydrogens is 252 g/mol. The molecule has 0 fully saturated rings. The quantitative estimate of drug-likeness (QED) is 0.893. The highest BCUT2D eigenvalue weighted by atomic mass is 35.5. The molecule has 17 heavy (non-hydrogen) atoms. The molecular formula is C13H15ClN2S. The number of pyridine rings is 1. The molecule has 2 nitrogen and oxygen atoms in total. The van der Waals surface area contributed by atoms with Crippen LogP contribution in [0.3, 0.4) is 0 Å². The molecule has 2 aromatic rings. The van der Waals surface area contributed by atoms with Crippen molar-refractivity contribution in [3.05, 3.63) is 51.4 Å². The van der Waals surface area contributed by atoms with Crippen LogP contribution in [0.1, 0.15) is 24.1 Å². The lowest BCUT2D eigenvalue weighted by atomic mass is 10.1. The van der Waals surface area contributed by atoms with Crippen molar-refractivity contribution >= 4 is 22.9 Å². The van der Waals surface area contributed by atoms with Gasteiger partial charge in [-0.1, -0.05) is 11.6 Å². The van der Waals surface area contributed by atoms with E-state index in [-0.39, 0.29) is 0 Å². The van der Waals surface area contributed by atoms with Crippen LogP contribution in [0.15, 0.2) is 36.0 Å². The average Bonchev–Trinajstić information content (AvgIpc) is 2.77. The molecule has 90 valence electrons. The summed E-state index contributed by atoms with van der Waals surface area (Å²) in [4.78, 5) is 4.01. The molecule has 0 aliphatic heterocycles. The Labute approximate surface area is 111 Å². The Hall–Kier alpha value is -0.900. The van der Waals surface area contributed by atoms with Gasteiger partial charge in [-0.2, -0.15) is 0 Å². The van der Waals surface area contributed by atoms with Crippen LogP contribution in [-0.2, 0) is 6.42 Å². The first kappa shape index (κ1) is 12.6. The summed E-state index contributed by atoms with van der Waals surface area (Å²) in [5.74, 6) is 0. The van der Waals surface area contributed by atoms with E-state index < -0.39 is 0 Å². The Morgan fingerprint density at radius 1 is 1.41 bits per heavy atom. The molecule has 0 saturated carbocycles. The molecule has 0 aliphatic rings. The Morgan fingerprint density at radius 3 is 2.82 bits per heavy atom. The zero-order valence-corrected chi connectivity index (χ0v) is 11.3. The summed E-state index contributed by atoms with van der Waals surface area (Å²) in [7, 11) is 0. The van der Waals surface area contributed by atoms with Gasteiger partial charge in [0.05, 0.1) is 4.34 Å². The number of halogens is 1. The Balaban J connectivity index is 1.79. The van der Waals surface area contributed by atoms with Crippen molar-refractivity contribution < 1.29 is 0 Å². The van der Waals surface area contributed by atoms with Crippen molar-refractivity contribution in [1.29, 1.82) is 0 Å². The second-order valence-electron chi connectivity index (χ2n) is 3.97. The topological polar surface area (TPSA) is 24.9 Å². The SMILES string of the molecule is CC(NCCc1ccncc1)c1csc(Cl)c1. The first-order chi connectivity index (χ1) is 8.25. The van der Waals surface area contributed by atoms with Crippen LogP contribution in [0, 0.1) is 0 Å². The predicted octanol–water partition coefficient (Wildman–Crippen LogP) is 3.69. The number of nitrogens with one attached hydrogen (secondary N) is 1. The molecule has 0 saturated heterocycles. The van der Waals surface area contributed by atoms with E-state index in [1.54, 1.807) is 11.3 Å². The molecule has 0 amide bonds. The summed E-state index contributed by atoms with van der Waals surface area (Å²) in [6.07, 6.45) is 4.68. The highest BCUT2D eigenvalue weighted by Gasteiger charge is 2.06. The summed E-state index contributed by atoms with van der Waals surface area (Å²) in [5.41, 5.74) is 2.57. The third-order valence-electron chi connectivity index (χ3n) is 2.70. The summed E-state index contributed by atoms with van der Waals surface area (Å²) in [6, 6.07) is 6.47. The van der Waals surface area contributed by atoms with Crippen LogP contribution in [0.2, 0.25) is 4.34 Å². The lowest BCUT2D eigenvalue weighted by molar-refractivity contribution is 0.578. The second-order valence-corrected chi connectivity index (χ2v) is 5.51. The maximum Gasteiger partial charge on any atom is 0.0931 e. The number of nitrogens with zero attached hydrogens (tertiary/aromatic N) is 1. The molecule has 0 spiro atoms. The molecule has 0 bridgehead atoms. The van der Waals surface area contributed by atoms with Gasteiger partial charge in [-0.3, -0.25) is 4.98 Å². The van der Waals surface area contributed by atoms with E-state index in [4.69, 9.17) is 11.6 Å². The predicted molar refractivity (Wildman–Crippen MR) is 73.7 cm³/mol. The highest BCUT2D eigenvalue weighted by molar-refractivity contribution is 7.14. The molecule has 1 atom stereocenters. The van der Waals surface area contributed by atoms with Gasteiger partial charge in [0.25, 0.3) is 0 Å². The molecule has 0 radical (unpaired) electrons. The molecule has 4 heteroatoms. The molecule has 2 aromatic heterocycles. The molecule has 1 unspecified atom stereocenters. The standard InChI is InChI=1S/C13H15ClN2S/c1-10(12-8-13(14)17-9-12)16-7-4-11-2-5-15-6-3-11/h2-3,5-6,8-10,16H,4,7H2,1H3. The first-order valence-corrected chi connectivity index (χ1v) is 6.87. The lowest BCUT2D eigenvalue weighted by Crippen LogP contribution is -2.20. The zero-order chi connectivity index (χ0) is 12.1. The Morgan fingerprint density at radius 2 is 2.18 bits per heavy atom. The molecule has 1 N–H and O–H groups in total. The van der Waals surface area contributed by atoms with Gasteiger partial charge in [-0.05, 0) is 54.6 Å². The third-order valence-corrected chi connectivity index (χ3v) is 3.81. The minimum atomic E-state index is 0.348. The monoisotopic (exact) mass is 266 g/mol. The largest absolute Gasteiger partial charge is 0.310 e. The van der Waals surface area contributed by atoms with Crippen LogP contribution in [0.25, 0.3) is 0 Å². The van der Waals surface area contributed by atoms with Gasteiger partial charge in [0.1, 0.15) is 0 Å². The fourth-order valence-electron chi connectivity index (χ4n) is 1.65. The summed E-state index contributed by atoms with van der Waals surface area (Å²) < 4.78 is 0.850. The zero-order valence-electron chi connectivity index (χ0n) is 9.69. The van der Waals surface area contributed by atoms with Crippen LogP contribution in [0.5, 0.6) is 0 Å². The van der Waals surface area contributed by atoms with Crippen LogP contribution in [0.4, 0.5) is 0 Å². The van der Waals surface area contributed by atoms with E-state index in [1.807, 2.05) is 30.6 Å². The van der Waals surface area contributed by atoms with Crippen molar-refractivity contribution in [1.82, 2.24) is 10.3 Å². The average molecular weight is 267 g/mol. The van der Waals surface area contributed by atoms with Crippen molar-refractivity contribution in [2.24, 2.45) is 0 Å². The number of rotatable bonds is 5. The minimum absolute atomic E-state index is 0.348. The highest BCUT2D eigenvalue weighted by Crippen LogP contribution is 2.24. The lowest BCUT2D eigenvalue weighted by Gasteiger charge is -2.12. The van der Waals surface area contributed by atoms with E-state index in [0.29, 0.717) is 6.04 Å². The van der Waals surface area contributed by atoms with Crippen molar-refractivity contribution in [3.63, 3.8) is 0 Å². The smallest absolute Gasteiger partial charge is 0.0931 e. The molecule has 2 rings (SSSR count). The normalized spacial score (nSPS) is 12.6. The van der Waals surface area contributed by atoms with E-state index in [0.717, 1.165) is 17.3 Å². The Kier molecular flexibility index (Phi) is 4.54. The van der Waals surface area contributed by atoms with E-state index in [1.165, 1.54) is 11.1 Å². The first-order valence-electron chi connectivity index (χ1n) is 5.62. The molecule has 0 aliphatic carbocycles. The van der Waals surface area contributed by atoms with Gasteiger partial charge >= 0.3 is 0 Å². The van der Waals surface area contributed by atoms with Gasteiger partial charge in [-0.15, -0.1) is 11.3 Å². The molecule has 2 heterocycles. The number of thiophene rings is 1. The molecule has 0 aromatic carbocycles. The van der Waals surface area contributed by atoms with Gasteiger partial charge in [0.2, 0.25) is 0 Å². The Bertz CT molecular complexity index is 455. The van der Waals surface area contributed by atoms with Crippen LogP contribution < -0.4 is 5.32 Å². The third kappa shape index (κ3) is 3.80. The van der Waals surface area contributed by atoms with Gasteiger partial charge in [0, 0.05) is 18.4 Å². The fraction of sp³-hybridized carbons (Fsp3) is 0.308. The van der Waals surface area contributed by atoms with Crippen molar-refractivity contribution in [2.75, 3.05) is 6.54 Å². The summed E-state index contributed by atoms with van der Waals surface area (Å²) in [5, 5.41) is 5.59. The van der Waals surface area contributed by atoms with Gasteiger partial charge < -0.3 is 5.32 Å². The fourth-order valence-corrected chi connectivity index (χ4v) is 2.64. The number of hydrogen-bond donors (Lipinski definition) is 1. The van der Waals surface area contributed by atoms with Crippen molar-refractivity contribution in [2.45, 2.75) is 19.4 Å². The van der Waals surface area contributed by atoms with Crippen LogP contribution in [-0.4, -0.2) is 11.5 Å². The summed E-state index contributed by atoms with van der Waals surface area (Å²) >= 11 is 7.50. The second kappa shape index (κ2) is 6.15. The number of aromatic nitrogens is 1. The van der Waals surface area contributed by atoms with E-state index in [9.17, 15) is 0 Å². The van der Waals surface area contributed by atoms with Crippen LogP contribution >= 0.6 is 22.9 Å². The minimum Gasteiger partial charge on any atom is -0.310 e. The van der Waals surface area contributed by atoms with E-state index >= 15 is 0 Å². The maximum absolute atomic E-state index is 5.92. The number of hydrogen-bond acceptors (Lipinski definition) is 3. The van der Waals surface area contributed by atoms with E-state index in [2.05, 4.69) is 22.6 Å². The van der Waals surface area contributed by atoms with Gasteiger partial charge in [-0.25, -0.2) is 0 Å². The van der Waals surface area contributed by atoms with Gasteiger partial charge in [0.15, 0.2) is 0 Å².